The van der Waals surface area contributed by atoms with Gasteiger partial charge < -0.3 is 9.47 Å². The van der Waals surface area contributed by atoms with Crippen molar-refractivity contribution in [1.29, 1.82) is 10.5 Å². The number of benzene rings is 2. The van der Waals surface area contributed by atoms with E-state index in [1.807, 2.05) is 60.7 Å². The third-order valence-electron chi connectivity index (χ3n) is 5.05. The van der Waals surface area contributed by atoms with Crippen molar-refractivity contribution in [2.24, 2.45) is 0 Å². The smallest absolute Gasteiger partial charge is 0.185 e. The van der Waals surface area contributed by atoms with Crippen LogP contribution in [0.5, 0.6) is 11.5 Å². The van der Waals surface area contributed by atoms with Crippen LogP contribution in [0, 0.1) is 22.7 Å². The molecule has 0 heterocycles. The van der Waals surface area contributed by atoms with E-state index < -0.39 is 0 Å². The maximum Gasteiger partial charge on any atom is 0.185 e. The molecule has 0 saturated heterocycles. The highest BCUT2D eigenvalue weighted by atomic mass is 16.5. The number of carbonyl (C=O) groups excluding carboxylic acids is 1. The molecule has 1 fully saturated rings. The molecule has 1 saturated carbocycles. The normalized spacial score (nSPS) is 15.5. The van der Waals surface area contributed by atoms with E-state index in [0.29, 0.717) is 51.7 Å². The van der Waals surface area contributed by atoms with Crippen LogP contribution in [0.15, 0.2) is 59.7 Å². The molecule has 0 aliphatic heterocycles. The SMILES string of the molecule is N#CCCCOc1cccc(/C=C2/CC/C(=C\c3cccc(OCCCC#N)c3)C2=O)c1. The standard InChI is InChI=1S/C27H26N2O3/c28-13-1-3-15-31-25-9-5-7-21(19-25)17-23-11-12-24(27(23)30)18-22-8-6-10-26(20-22)32-16-4-2-14-29/h5-10,17-20H,1-4,11-12,15-16H2/b23-17-,24-18+. The number of Topliss-reactive ketones (excluding diaryl/α,β-unsaturated/α-hetero) is 1. The second-order valence-corrected chi connectivity index (χ2v) is 7.53. The van der Waals surface area contributed by atoms with Crippen molar-refractivity contribution in [3.63, 3.8) is 0 Å². The number of hydrogen-bond donors (Lipinski definition) is 0. The first-order chi connectivity index (χ1) is 15.7. The predicted octanol–water partition coefficient (Wildman–Crippen LogP) is 5.88. The molecule has 1 aliphatic rings. The highest BCUT2D eigenvalue weighted by Crippen LogP contribution is 2.30. The first-order valence-electron chi connectivity index (χ1n) is 10.8. The van der Waals surface area contributed by atoms with Crippen LogP contribution >= 0.6 is 0 Å². The summed E-state index contributed by atoms with van der Waals surface area (Å²) in [4.78, 5) is 12.9. The van der Waals surface area contributed by atoms with Gasteiger partial charge >= 0.3 is 0 Å². The Bertz CT molecular complexity index is 1000. The van der Waals surface area contributed by atoms with Gasteiger partial charge in [-0.25, -0.2) is 0 Å². The highest BCUT2D eigenvalue weighted by molar-refractivity contribution is 6.15. The van der Waals surface area contributed by atoms with Crippen LogP contribution in [0.2, 0.25) is 0 Å². The summed E-state index contributed by atoms with van der Waals surface area (Å²) in [5, 5.41) is 17.2. The quantitative estimate of drug-likeness (QED) is 0.350. The third-order valence-corrected chi connectivity index (χ3v) is 5.05. The zero-order chi connectivity index (χ0) is 22.6. The summed E-state index contributed by atoms with van der Waals surface area (Å²) in [6.45, 7) is 1.00. The highest BCUT2D eigenvalue weighted by Gasteiger charge is 2.23. The molecule has 0 spiro atoms. The van der Waals surface area contributed by atoms with Crippen molar-refractivity contribution in [3.05, 3.63) is 70.8 Å². The van der Waals surface area contributed by atoms with E-state index in [2.05, 4.69) is 12.1 Å². The van der Waals surface area contributed by atoms with Gasteiger partial charge in [0, 0.05) is 24.0 Å². The molecular formula is C27H26N2O3. The summed E-state index contributed by atoms with van der Waals surface area (Å²) < 4.78 is 11.4. The molecule has 162 valence electrons. The Kier molecular flexibility index (Phi) is 8.66. The third kappa shape index (κ3) is 6.86. The van der Waals surface area contributed by atoms with Crippen LogP contribution in [0.1, 0.15) is 49.7 Å². The largest absolute Gasteiger partial charge is 0.494 e. The van der Waals surface area contributed by atoms with E-state index in [4.69, 9.17) is 20.0 Å². The summed E-state index contributed by atoms with van der Waals surface area (Å²) in [7, 11) is 0. The molecule has 3 rings (SSSR count). The van der Waals surface area contributed by atoms with Gasteiger partial charge in [0.2, 0.25) is 0 Å². The zero-order valence-electron chi connectivity index (χ0n) is 18.0. The minimum absolute atomic E-state index is 0.0747. The maximum atomic E-state index is 12.9. The Morgan fingerprint density at radius 1 is 0.781 bits per heavy atom. The lowest BCUT2D eigenvalue weighted by Gasteiger charge is -2.06. The van der Waals surface area contributed by atoms with Crippen molar-refractivity contribution < 1.29 is 14.3 Å². The molecule has 0 unspecified atom stereocenters. The number of nitrogens with zero attached hydrogens (tertiary/aromatic N) is 2. The van der Waals surface area contributed by atoms with Gasteiger partial charge in [0.25, 0.3) is 0 Å². The summed E-state index contributed by atoms with van der Waals surface area (Å²) in [5.41, 5.74) is 3.45. The lowest BCUT2D eigenvalue weighted by molar-refractivity contribution is -0.111. The maximum absolute atomic E-state index is 12.9. The Hall–Kier alpha value is -3.83. The van der Waals surface area contributed by atoms with Gasteiger partial charge in [-0.2, -0.15) is 10.5 Å². The predicted molar refractivity (Wildman–Crippen MR) is 124 cm³/mol. The second kappa shape index (κ2) is 12.1. The number of carbonyl (C=O) groups is 1. The van der Waals surface area contributed by atoms with Gasteiger partial charge in [0.15, 0.2) is 5.78 Å². The molecule has 0 aromatic heterocycles. The van der Waals surface area contributed by atoms with Gasteiger partial charge in [-0.3, -0.25) is 4.79 Å². The first kappa shape index (κ1) is 22.8. The van der Waals surface area contributed by atoms with E-state index in [1.54, 1.807) is 0 Å². The van der Waals surface area contributed by atoms with E-state index in [9.17, 15) is 4.79 Å². The fourth-order valence-corrected chi connectivity index (χ4v) is 3.45. The number of nitriles is 2. The Morgan fingerprint density at radius 2 is 1.25 bits per heavy atom. The van der Waals surface area contributed by atoms with Gasteiger partial charge in [0.05, 0.1) is 25.4 Å². The number of unbranched alkanes of at least 4 members (excludes halogenated alkanes) is 2. The van der Waals surface area contributed by atoms with Gasteiger partial charge in [-0.15, -0.1) is 0 Å². The van der Waals surface area contributed by atoms with Crippen molar-refractivity contribution >= 4 is 17.9 Å². The molecule has 5 heteroatoms. The molecule has 2 aromatic rings. The topological polar surface area (TPSA) is 83.1 Å². The lowest BCUT2D eigenvalue weighted by Crippen LogP contribution is -1.98. The van der Waals surface area contributed by atoms with Crippen LogP contribution in [-0.2, 0) is 4.79 Å². The Labute approximate surface area is 189 Å². The van der Waals surface area contributed by atoms with E-state index in [-0.39, 0.29) is 5.78 Å². The number of hydrogen-bond acceptors (Lipinski definition) is 5. The van der Waals surface area contributed by atoms with Crippen molar-refractivity contribution in [1.82, 2.24) is 0 Å². The summed E-state index contributed by atoms with van der Waals surface area (Å²) in [6.07, 6.45) is 7.62. The minimum Gasteiger partial charge on any atom is -0.494 e. The molecule has 32 heavy (non-hydrogen) atoms. The first-order valence-corrected chi connectivity index (χ1v) is 10.8. The van der Waals surface area contributed by atoms with Gasteiger partial charge in [-0.1, -0.05) is 24.3 Å². The number of ketones is 1. The second-order valence-electron chi connectivity index (χ2n) is 7.53. The fraction of sp³-hybridized carbons (Fsp3) is 0.296. The van der Waals surface area contributed by atoms with E-state index in [0.717, 1.165) is 33.8 Å². The molecule has 0 radical (unpaired) electrons. The average Bonchev–Trinajstić information content (AvgIpc) is 3.14. The van der Waals surface area contributed by atoms with Crippen LogP contribution in [0.4, 0.5) is 0 Å². The van der Waals surface area contributed by atoms with Crippen molar-refractivity contribution in [3.8, 4) is 23.6 Å². The molecule has 2 aromatic carbocycles. The number of ether oxygens (including phenoxy) is 2. The number of allylic oxidation sites excluding steroid dienone is 2. The molecule has 0 amide bonds. The van der Waals surface area contributed by atoms with E-state index >= 15 is 0 Å². The average molecular weight is 427 g/mol. The summed E-state index contributed by atoms with van der Waals surface area (Å²) in [5.74, 6) is 1.56. The molecule has 0 atom stereocenters. The van der Waals surface area contributed by atoms with Crippen LogP contribution < -0.4 is 9.47 Å². The zero-order valence-corrected chi connectivity index (χ0v) is 18.0. The molecular weight excluding hydrogens is 400 g/mol. The lowest BCUT2D eigenvalue weighted by atomic mass is 10.1. The summed E-state index contributed by atoms with van der Waals surface area (Å²) in [6, 6.07) is 19.5. The summed E-state index contributed by atoms with van der Waals surface area (Å²) >= 11 is 0. The van der Waals surface area contributed by atoms with E-state index in [1.165, 1.54) is 0 Å². The fourth-order valence-electron chi connectivity index (χ4n) is 3.45. The van der Waals surface area contributed by atoms with Crippen LogP contribution in [0.3, 0.4) is 0 Å². The monoisotopic (exact) mass is 426 g/mol. The van der Waals surface area contributed by atoms with Crippen LogP contribution in [0.25, 0.3) is 12.2 Å². The molecule has 5 nitrogen and oxygen atoms in total. The molecule has 0 bridgehead atoms. The number of rotatable bonds is 10. The van der Waals surface area contributed by atoms with Gasteiger partial charge in [-0.05, 0) is 73.2 Å². The minimum atomic E-state index is 0.0747. The van der Waals surface area contributed by atoms with Crippen molar-refractivity contribution in [2.45, 2.75) is 38.5 Å². The van der Waals surface area contributed by atoms with Crippen LogP contribution in [-0.4, -0.2) is 19.0 Å². The Morgan fingerprint density at radius 3 is 1.69 bits per heavy atom. The Balaban J connectivity index is 1.64. The molecule has 0 N–H and O–H groups in total. The molecule has 1 aliphatic carbocycles. The van der Waals surface area contributed by atoms with Gasteiger partial charge in [0.1, 0.15) is 11.5 Å². The van der Waals surface area contributed by atoms with Crippen molar-refractivity contribution in [2.75, 3.05) is 13.2 Å².